The maximum absolute atomic E-state index is 11.7. The average Bonchev–Trinajstić information content (AvgIpc) is 2.70. The molecule has 0 fully saturated rings. The molecule has 1 aromatic carbocycles. The molecule has 4 nitrogen and oxygen atoms in total. The van der Waals surface area contributed by atoms with Gasteiger partial charge in [0.15, 0.2) is 8.32 Å². The zero-order chi connectivity index (χ0) is 27.2. The molecule has 3 rings (SSSR count). The summed E-state index contributed by atoms with van der Waals surface area (Å²) in [6.45, 7) is 24.5. The second kappa shape index (κ2) is 10.7. The smallest absolute Gasteiger partial charge is 0.192 e. The fourth-order valence-corrected chi connectivity index (χ4v) is 7.24. The largest absolute Gasteiger partial charge is 0.491 e. The van der Waals surface area contributed by atoms with E-state index in [2.05, 4.69) is 84.2 Å². The molecular weight excluding hydrogens is 577 g/mol. The van der Waals surface area contributed by atoms with Crippen LogP contribution in [0.2, 0.25) is 18.1 Å². The zero-order valence-corrected chi connectivity index (χ0v) is 27.3. The first-order valence-corrected chi connectivity index (χ1v) is 17.3. The van der Waals surface area contributed by atoms with Crippen molar-refractivity contribution >= 4 is 30.9 Å². The lowest BCUT2D eigenvalue weighted by atomic mass is 9.74. The molecule has 0 saturated heterocycles. The van der Waals surface area contributed by atoms with E-state index >= 15 is 0 Å². The van der Waals surface area contributed by atoms with Gasteiger partial charge < -0.3 is 14.3 Å². The van der Waals surface area contributed by atoms with Crippen molar-refractivity contribution in [1.29, 1.82) is 0 Å². The van der Waals surface area contributed by atoms with Gasteiger partial charge in [-0.1, -0.05) is 60.6 Å². The molecule has 0 radical (unpaired) electrons. The molecule has 1 aromatic heterocycles. The van der Waals surface area contributed by atoms with Crippen molar-refractivity contribution in [3.63, 3.8) is 0 Å². The van der Waals surface area contributed by atoms with E-state index in [4.69, 9.17) is 14.1 Å². The third kappa shape index (κ3) is 6.36. The van der Waals surface area contributed by atoms with Gasteiger partial charge in [-0.05, 0) is 96.4 Å². The summed E-state index contributed by atoms with van der Waals surface area (Å²) >= 11 is 2.46. The minimum atomic E-state index is -2.02. The average molecular weight is 624 g/mol. The monoisotopic (exact) mass is 623 g/mol. The number of hydrogen-bond donors (Lipinski definition) is 1. The first-order chi connectivity index (χ1) is 16.4. The number of pyridine rings is 1. The van der Waals surface area contributed by atoms with Crippen molar-refractivity contribution in [3.8, 4) is 5.75 Å². The van der Waals surface area contributed by atoms with Gasteiger partial charge in [-0.2, -0.15) is 0 Å². The fourth-order valence-electron chi connectivity index (χ4n) is 4.74. The van der Waals surface area contributed by atoms with E-state index in [9.17, 15) is 5.11 Å². The molecule has 0 spiro atoms. The van der Waals surface area contributed by atoms with Crippen molar-refractivity contribution in [2.24, 2.45) is 5.41 Å². The molecule has 1 aliphatic rings. The second-order valence-electron chi connectivity index (χ2n) is 13.3. The first kappa shape index (κ1) is 29.6. The van der Waals surface area contributed by atoms with Crippen molar-refractivity contribution in [2.75, 3.05) is 0 Å². The van der Waals surface area contributed by atoms with Gasteiger partial charge in [0.2, 0.25) is 0 Å². The molecule has 0 saturated carbocycles. The van der Waals surface area contributed by atoms with Crippen LogP contribution in [0.25, 0.3) is 0 Å². The van der Waals surface area contributed by atoms with Gasteiger partial charge >= 0.3 is 0 Å². The van der Waals surface area contributed by atoms with Crippen molar-refractivity contribution in [1.82, 2.24) is 4.98 Å². The Labute approximate surface area is 233 Å². The molecule has 2 aromatic rings. The number of hydrogen-bond acceptors (Lipinski definition) is 4. The van der Waals surface area contributed by atoms with Crippen LogP contribution in [0, 0.1) is 8.99 Å². The van der Waals surface area contributed by atoms with Crippen LogP contribution < -0.4 is 4.74 Å². The molecule has 1 heterocycles. The molecule has 1 unspecified atom stereocenters. The lowest BCUT2D eigenvalue weighted by Gasteiger charge is -2.44. The summed E-state index contributed by atoms with van der Waals surface area (Å²) in [5, 5.41) is 11.8. The molecule has 6 heteroatoms. The summed E-state index contributed by atoms with van der Waals surface area (Å²) in [5.74, 6) is 1.01. The Kier molecular flexibility index (Phi) is 8.76. The maximum Gasteiger partial charge on any atom is 0.192 e. The Morgan fingerprint density at radius 3 is 2.17 bits per heavy atom. The molecule has 2 atom stereocenters. The number of fused-ring (bicyclic) bond motifs is 1. The van der Waals surface area contributed by atoms with Gasteiger partial charge in [0, 0.05) is 20.4 Å². The summed E-state index contributed by atoms with van der Waals surface area (Å²) in [6.07, 6.45) is 1.22. The van der Waals surface area contributed by atoms with Crippen molar-refractivity contribution < 1.29 is 14.3 Å². The number of rotatable bonds is 7. The SMILES string of the molecule is CC(C)Oc1ccc(C(O)c2c(C(C)C)nc3c(c2I)[C@H](O[Si](C)(C)C(C)(C)C)CC(C)(C)C3)cc1. The Morgan fingerprint density at radius 1 is 1.08 bits per heavy atom. The molecule has 1 N–H and O–H groups in total. The third-order valence-electron chi connectivity index (χ3n) is 7.65. The van der Waals surface area contributed by atoms with Crippen molar-refractivity contribution in [3.05, 3.63) is 55.9 Å². The number of halogens is 1. The van der Waals surface area contributed by atoms with Crippen molar-refractivity contribution in [2.45, 2.75) is 118 Å². The highest BCUT2D eigenvalue weighted by Crippen LogP contribution is 2.50. The Morgan fingerprint density at radius 2 is 1.67 bits per heavy atom. The molecule has 200 valence electrons. The first-order valence-electron chi connectivity index (χ1n) is 13.3. The third-order valence-corrected chi connectivity index (χ3v) is 13.3. The van der Waals surface area contributed by atoms with Gasteiger partial charge in [0.05, 0.1) is 17.9 Å². The van der Waals surface area contributed by atoms with E-state index in [1.54, 1.807) is 0 Å². The molecule has 36 heavy (non-hydrogen) atoms. The van der Waals surface area contributed by atoms with Gasteiger partial charge in [-0.3, -0.25) is 4.98 Å². The Bertz CT molecular complexity index is 1070. The van der Waals surface area contributed by atoms with E-state index in [1.807, 2.05) is 38.1 Å². The van der Waals surface area contributed by atoms with Gasteiger partial charge in [0.25, 0.3) is 0 Å². The van der Waals surface area contributed by atoms with E-state index in [0.717, 1.165) is 44.7 Å². The molecule has 1 aliphatic carbocycles. The number of ether oxygens (including phenoxy) is 1. The maximum atomic E-state index is 11.7. The zero-order valence-electron chi connectivity index (χ0n) is 24.1. The van der Waals surface area contributed by atoms with Gasteiger partial charge in [0.1, 0.15) is 11.9 Å². The number of aliphatic hydroxyl groups is 1. The highest BCUT2D eigenvalue weighted by Gasteiger charge is 2.44. The summed E-state index contributed by atoms with van der Waals surface area (Å²) in [7, 11) is -2.02. The fraction of sp³-hybridized carbons (Fsp3) is 0.633. The second-order valence-corrected chi connectivity index (χ2v) is 19.1. The predicted molar refractivity (Wildman–Crippen MR) is 160 cm³/mol. The normalized spacial score (nSPS) is 18.9. The van der Waals surface area contributed by atoms with Crippen LogP contribution in [-0.2, 0) is 10.8 Å². The number of benzene rings is 1. The minimum absolute atomic E-state index is 0.0157. The standard InChI is InChI=1S/C30H46INO3Si/c1-18(2)27-25(28(33)20-12-14-21(15-13-20)34-19(3)4)26(31)24-22(32-27)16-30(8,9)17-23(24)35-36(10,11)29(5,6)7/h12-15,18-19,23,28,33H,16-17H2,1-11H3/t23-,28?/m1/s1. The highest BCUT2D eigenvalue weighted by atomic mass is 127. The van der Waals surface area contributed by atoms with Crippen LogP contribution in [0.3, 0.4) is 0 Å². The van der Waals surface area contributed by atoms with E-state index in [1.165, 1.54) is 5.56 Å². The Balaban J connectivity index is 2.14. The quantitative estimate of drug-likeness (QED) is 0.248. The summed E-state index contributed by atoms with van der Waals surface area (Å²) in [5.41, 5.74) is 5.20. The topological polar surface area (TPSA) is 51.6 Å². The van der Waals surface area contributed by atoms with E-state index < -0.39 is 14.4 Å². The van der Waals surface area contributed by atoms with Gasteiger partial charge in [-0.25, -0.2) is 0 Å². The number of nitrogens with zero attached hydrogens (tertiary/aromatic N) is 1. The van der Waals surface area contributed by atoms with Crippen LogP contribution in [0.1, 0.15) is 115 Å². The Hall–Kier alpha value is -0.963. The van der Waals surface area contributed by atoms with Gasteiger partial charge in [-0.15, -0.1) is 0 Å². The summed E-state index contributed by atoms with van der Waals surface area (Å²) in [6, 6.07) is 7.82. The number of aliphatic hydroxyl groups excluding tert-OH is 1. The molecular formula is C30H46INO3Si. The summed E-state index contributed by atoms with van der Waals surface area (Å²) < 4.78 is 14.0. The number of aromatic nitrogens is 1. The minimum Gasteiger partial charge on any atom is -0.491 e. The van der Waals surface area contributed by atoms with Crippen LogP contribution in [0.4, 0.5) is 0 Å². The highest BCUT2D eigenvalue weighted by molar-refractivity contribution is 14.1. The lowest BCUT2D eigenvalue weighted by Crippen LogP contribution is -2.44. The van der Waals surface area contributed by atoms with Crippen LogP contribution in [0.5, 0.6) is 5.75 Å². The molecule has 0 aliphatic heterocycles. The van der Waals surface area contributed by atoms with Crippen LogP contribution in [0.15, 0.2) is 24.3 Å². The van der Waals surface area contributed by atoms with E-state index in [0.29, 0.717) is 0 Å². The predicted octanol–water partition coefficient (Wildman–Crippen LogP) is 8.71. The summed E-state index contributed by atoms with van der Waals surface area (Å²) in [4.78, 5) is 5.26. The lowest BCUT2D eigenvalue weighted by molar-refractivity contribution is 0.104. The molecule has 0 amide bonds. The van der Waals surface area contributed by atoms with E-state index in [-0.39, 0.29) is 28.6 Å². The van der Waals surface area contributed by atoms with Crippen LogP contribution >= 0.6 is 22.6 Å². The van der Waals surface area contributed by atoms with Crippen LogP contribution in [-0.4, -0.2) is 24.5 Å². The molecule has 0 bridgehead atoms.